The smallest absolute Gasteiger partial charge is 0.00988 e. The number of nitrogens with two attached hydrogens (primary N) is 1. The highest BCUT2D eigenvalue weighted by atomic mass is 31.1. The minimum atomic E-state index is 0.898. The fourth-order valence-corrected chi connectivity index (χ4v) is 1.84. The summed E-state index contributed by atoms with van der Waals surface area (Å²) in [5, 5.41) is 0. The van der Waals surface area contributed by atoms with Gasteiger partial charge in [-0.2, -0.15) is 0 Å². The van der Waals surface area contributed by atoms with E-state index in [-0.39, 0.29) is 0 Å². The third-order valence-electron chi connectivity index (χ3n) is 1.85. The third-order valence-corrected chi connectivity index (χ3v) is 2.85. The molecule has 11 heavy (non-hydrogen) atoms. The summed E-state index contributed by atoms with van der Waals surface area (Å²) >= 11 is 0. The fraction of sp³-hybridized carbons (Fsp3) is 1.00. The molecule has 1 atom stereocenters. The summed E-state index contributed by atoms with van der Waals surface area (Å²) < 4.78 is 0. The molecule has 0 fully saturated rings. The molecule has 0 radical (unpaired) electrons. The van der Waals surface area contributed by atoms with Crippen LogP contribution in [0.2, 0.25) is 0 Å². The lowest BCUT2D eigenvalue weighted by Gasteiger charge is -1.99. The Bertz CT molecular complexity index is 58.6. The van der Waals surface area contributed by atoms with Gasteiger partial charge in [-0.25, -0.2) is 0 Å². The van der Waals surface area contributed by atoms with Crippen molar-refractivity contribution in [1.82, 2.24) is 0 Å². The maximum atomic E-state index is 5.40. The Morgan fingerprint density at radius 1 is 1.00 bits per heavy atom. The summed E-state index contributed by atoms with van der Waals surface area (Å²) in [6.45, 7) is 2.26. The van der Waals surface area contributed by atoms with Crippen LogP contribution in [0.5, 0.6) is 0 Å². The molecule has 0 heterocycles. The van der Waals surface area contributed by atoms with E-state index in [1.807, 2.05) is 0 Å². The molecule has 0 aliphatic heterocycles. The highest BCUT2D eigenvalue weighted by molar-refractivity contribution is 7.37. The van der Waals surface area contributed by atoms with E-state index in [4.69, 9.17) is 5.73 Å². The van der Waals surface area contributed by atoms with Crippen LogP contribution in [0.25, 0.3) is 0 Å². The van der Waals surface area contributed by atoms with Crippen molar-refractivity contribution in [3.8, 4) is 0 Å². The van der Waals surface area contributed by atoms with E-state index in [0.29, 0.717) is 0 Å². The molecular weight excluding hydrogens is 153 g/mol. The van der Waals surface area contributed by atoms with Crippen molar-refractivity contribution < 1.29 is 0 Å². The van der Waals surface area contributed by atoms with E-state index in [9.17, 15) is 0 Å². The van der Waals surface area contributed by atoms with Crippen LogP contribution < -0.4 is 5.73 Å². The predicted octanol–water partition coefficient (Wildman–Crippen LogP) is 2.94. The minimum absolute atomic E-state index is 0.898. The average Bonchev–Trinajstić information content (AvgIpc) is 2.03. The first-order chi connectivity index (χ1) is 5.41. The van der Waals surface area contributed by atoms with Crippen molar-refractivity contribution in [2.75, 3.05) is 12.4 Å². The van der Waals surface area contributed by atoms with Gasteiger partial charge in [-0.15, -0.1) is 8.58 Å². The fourth-order valence-electron chi connectivity index (χ4n) is 1.13. The van der Waals surface area contributed by atoms with Gasteiger partial charge in [-0.05, 0) is 12.6 Å². The highest BCUT2D eigenvalue weighted by Gasteiger charge is 1.88. The lowest BCUT2D eigenvalue weighted by atomic mass is 10.1. The van der Waals surface area contributed by atoms with E-state index in [0.717, 1.165) is 14.9 Å². The topological polar surface area (TPSA) is 26.0 Å². The Hall–Kier alpha value is 0.390. The Morgan fingerprint density at radius 3 is 2.27 bits per heavy atom. The first kappa shape index (κ1) is 11.4. The summed E-state index contributed by atoms with van der Waals surface area (Å²) in [6, 6.07) is 0. The summed E-state index contributed by atoms with van der Waals surface area (Å²) in [5.41, 5.74) is 5.40. The van der Waals surface area contributed by atoms with Gasteiger partial charge < -0.3 is 5.73 Å². The van der Waals surface area contributed by atoms with Crippen LogP contribution in [-0.4, -0.2) is 12.4 Å². The summed E-state index contributed by atoms with van der Waals surface area (Å²) in [6.07, 6.45) is 10.7. The van der Waals surface area contributed by atoms with Crippen molar-refractivity contribution in [1.29, 1.82) is 0 Å². The largest absolute Gasteiger partial charge is 0.327 e. The predicted molar refractivity (Wildman–Crippen MR) is 55.6 cm³/mol. The standard InChI is InChI=1S/C9H22NP/c1-2-3-4-5-6-7-8-11-9-10/h11H,2-10H2,1H3. The summed E-state index contributed by atoms with van der Waals surface area (Å²) in [4.78, 5) is 0. The second-order valence-corrected chi connectivity index (χ2v) is 4.38. The average molecular weight is 175 g/mol. The van der Waals surface area contributed by atoms with Gasteiger partial charge in [0.2, 0.25) is 0 Å². The molecule has 2 N–H and O–H groups in total. The zero-order valence-corrected chi connectivity index (χ0v) is 8.73. The SMILES string of the molecule is CCCCCCCCPCN. The van der Waals surface area contributed by atoms with Gasteiger partial charge in [0.15, 0.2) is 0 Å². The van der Waals surface area contributed by atoms with E-state index >= 15 is 0 Å². The van der Waals surface area contributed by atoms with E-state index in [2.05, 4.69) is 6.92 Å². The molecule has 0 aromatic rings. The van der Waals surface area contributed by atoms with Crippen molar-refractivity contribution in [3.63, 3.8) is 0 Å². The second kappa shape index (κ2) is 10.4. The van der Waals surface area contributed by atoms with E-state index in [1.165, 1.54) is 44.7 Å². The van der Waals surface area contributed by atoms with Crippen LogP contribution in [0.3, 0.4) is 0 Å². The molecule has 68 valence electrons. The Labute approximate surface area is 72.9 Å². The van der Waals surface area contributed by atoms with Gasteiger partial charge in [0.1, 0.15) is 0 Å². The highest BCUT2D eigenvalue weighted by Crippen LogP contribution is 2.11. The maximum absolute atomic E-state index is 5.40. The molecule has 0 aromatic carbocycles. The Morgan fingerprint density at radius 2 is 1.64 bits per heavy atom. The minimum Gasteiger partial charge on any atom is -0.327 e. The van der Waals surface area contributed by atoms with Crippen LogP contribution in [0, 0.1) is 0 Å². The van der Waals surface area contributed by atoms with Crippen LogP contribution in [0.4, 0.5) is 0 Å². The first-order valence-electron chi connectivity index (χ1n) is 4.82. The Balaban J connectivity index is 2.69. The van der Waals surface area contributed by atoms with Gasteiger partial charge in [-0.1, -0.05) is 39.0 Å². The second-order valence-electron chi connectivity index (χ2n) is 2.97. The lowest BCUT2D eigenvalue weighted by molar-refractivity contribution is 0.626. The quantitative estimate of drug-likeness (QED) is 0.445. The summed E-state index contributed by atoms with van der Waals surface area (Å²) in [7, 11) is 1.00. The molecule has 0 saturated carbocycles. The Kier molecular flexibility index (Phi) is 10.8. The van der Waals surface area contributed by atoms with Gasteiger partial charge in [0.05, 0.1) is 0 Å². The molecule has 0 saturated heterocycles. The van der Waals surface area contributed by atoms with Crippen molar-refractivity contribution in [3.05, 3.63) is 0 Å². The van der Waals surface area contributed by atoms with Gasteiger partial charge in [0, 0.05) is 6.29 Å². The molecule has 2 heteroatoms. The molecular formula is C9H22NP. The molecule has 1 nitrogen and oxygen atoms in total. The van der Waals surface area contributed by atoms with Gasteiger partial charge in [0.25, 0.3) is 0 Å². The van der Waals surface area contributed by atoms with Crippen LogP contribution in [0.15, 0.2) is 0 Å². The molecule has 0 bridgehead atoms. The molecule has 1 unspecified atom stereocenters. The maximum Gasteiger partial charge on any atom is 0.00988 e. The third kappa shape index (κ3) is 10.4. The van der Waals surface area contributed by atoms with Crippen molar-refractivity contribution >= 4 is 8.58 Å². The number of hydrogen-bond acceptors (Lipinski definition) is 1. The monoisotopic (exact) mass is 175 g/mol. The zero-order chi connectivity index (χ0) is 8.36. The zero-order valence-electron chi connectivity index (χ0n) is 7.73. The van der Waals surface area contributed by atoms with Crippen LogP contribution >= 0.6 is 8.58 Å². The molecule has 0 aromatic heterocycles. The van der Waals surface area contributed by atoms with E-state index in [1.54, 1.807) is 0 Å². The van der Waals surface area contributed by atoms with Gasteiger partial charge in [-0.3, -0.25) is 0 Å². The molecule has 0 aliphatic carbocycles. The number of hydrogen-bond donors (Lipinski definition) is 1. The molecule has 0 aliphatic rings. The van der Waals surface area contributed by atoms with Crippen molar-refractivity contribution in [2.24, 2.45) is 5.73 Å². The number of unbranched alkanes of at least 4 members (excludes halogenated alkanes) is 5. The van der Waals surface area contributed by atoms with E-state index < -0.39 is 0 Å². The summed E-state index contributed by atoms with van der Waals surface area (Å²) in [5.74, 6) is 0. The van der Waals surface area contributed by atoms with Crippen LogP contribution in [-0.2, 0) is 0 Å². The molecule has 0 spiro atoms. The number of rotatable bonds is 8. The normalized spacial score (nSPS) is 11.5. The van der Waals surface area contributed by atoms with Crippen molar-refractivity contribution in [2.45, 2.75) is 45.4 Å². The first-order valence-corrected chi connectivity index (χ1v) is 6.24. The molecule has 0 amide bonds. The van der Waals surface area contributed by atoms with Crippen LogP contribution in [0.1, 0.15) is 45.4 Å². The lowest BCUT2D eigenvalue weighted by Crippen LogP contribution is -1.91. The van der Waals surface area contributed by atoms with Gasteiger partial charge >= 0.3 is 0 Å². The molecule has 0 rings (SSSR count).